The number of aromatic hydroxyl groups is 2. The molecule has 4 aromatic rings. The third-order valence-electron chi connectivity index (χ3n) is 4.78. The van der Waals surface area contributed by atoms with Crippen LogP contribution in [-0.2, 0) is 0 Å². The molecule has 5 rings (SSSR count). The number of aromatic amines is 1. The fraction of sp³-hybridized carbons (Fsp3) is 0.143. The molecular formula is C21H17N7O2. The van der Waals surface area contributed by atoms with Gasteiger partial charge in [0, 0.05) is 22.9 Å². The fourth-order valence-electron chi connectivity index (χ4n) is 3.16. The first kappa shape index (κ1) is 17.8. The van der Waals surface area contributed by atoms with E-state index in [1.54, 1.807) is 35.0 Å². The summed E-state index contributed by atoms with van der Waals surface area (Å²) in [6.07, 6.45) is 5.39. The van der Waals surface area contributed by atoms with Crippen molar-refractivity contribution in [2.24, 2.45) is 4.99 Å². The number of nitriles is 1. The van der Waals surface area contributed by atoms with Crippen LogP contribution in [0.5, 0.6) is 11.8 Å². The van der Waals surface area contributed by atoms with Gasteiger partial charge in [-0.25, -0.2) is 4.98 Å². The SMILES string of the molecule is N#Cc1ccccc1Nc1cc(=NC2CC2)n2ncc(=Cc3cc(O)[nH]c3O)c2n1. The summed E-state index contributed by atoms with van der Waals surface area (Å²) >= 11 is 0. The summed E-state index contributed by atoms with van der Waals surface area (Å²) in [6, 6.07) is 12.8. The van der Waals surface area contributed by atoms with Gasteiger partial charge in [-0.3, -0.25) is 9.98 Å². The normalized spacial score (nSPS) is 14.9. The van der Waals surface area contributed by atoms with Gasteiger partial charge in [0.05, 0.1) is 23.5 Å². The molecule has 1 aromatic carbocycles. The topological polar surface area (TPSA) is 135 Å². The molecule has 9 nitrogen and oxygen atoms in total. The van der Waals surface area contributed by atoms with Crippen LogP contribution >= 0.6 is 0 Å². The van der Waals surface area contributed by atoms with Crippen molar-refractivity contribution >= 4 is 23.2 Å². The number of aromatic nitrogens is 4. The Hall–Kier alpha value is -4.32. The summed E-state index contributed by atoms with van der Waals surface area (Å²) in [7, 11) is 0. The van der Waals surface area contributed by atoms with Gasteiger partial charge in [0.25, 0.3) is 0 Å². The van der Waals surface area contributed by atoms with Crippen LogP contribution in [0, 0.1) is 11.3 Å². The molecule has 0 unspecified atom stereocenters. The first-order chi connectivity index (χ1) is 14.6. The van der Waals surface area contributed by atoms with Crippen LogP contribution in [0.3, 0.4) is 0 Å². The molecule has 4 N–H and O–H groups in total. The van der Waals surface area contributed by atoms with Crippen LogP contribution in [0.1, 0.15) is 24.0 Å². The number of fused-ring (bicyclic) bond motifs is 1. The van der Waals surface area contributed by atoms with Crippen molar-refractivity contribution in [2.75, 3.05) is 5.32 Å². The van der Waals surface area contributed by atoms with Crippen LogP contribution in [0.4, 0.5) is 11.5 Å². The Kier molecular flexibility index (Phi) is 4.10. The molecular weight excluding hydrogens is 382 g/mol. The van der Waals surface area contributed by atoms with E-state index >= 15 is 0 Å². The number of nitrogens with zero attached hydrogens (tertiary/aromatic N) is 5. The van der Waals surface area contributed by atoms with Gasteiger partial charge in [-0.1, -0.05) is 12.1 Å². The number of anilines is 2. The molecule has 148 valence electrons. The second-order valence-electron chi connectivity index (χ2n) is 7.08. The zero-order valence-corrected chi connectivity index (χ0v) is 15.7. The molecule has 0 amide bonds. The van der Waals surface area contributed by atoms with Gasteiger partial charge in [-0.2, -0.15) is 14.9 Å². The summed E-state index contributed by atoms with van der Waals surface area (Å²) in [5.74, 6) is 0.246. The van der Waals surface area contributed by atoms with E-state index in [9.17, 15) is 15.5 Å². The van der Waals surface area contributed by atoms with E-state index in [4.69, 9.17) is 4.99 Å². The monoisotopic (exact) mass is 399 g/mol. The van der Waals surface area contributed by atoms with Crippen molar-refractivity contribution in [3.05, 3.63) is 64.4 Å². The molecule has 1 saturated carbocycles. The standard InChI is InChI=1S/C21H17N7O2/c22-10-12-3-1-2-4-16(12)25-17-9-18(24-15-5-6-15)28-20(26-17)14(11-23-28)7-13-8-19(29)27-21(13)30/h1-4,7-9,11,15,25,27,29-30H,5-6H2. The van der Waals surface area contributed by atoms with E-state index in [-0.39, 0.29) is 17.8 Å². The summed E-state index contributed by atoms with van der Waals surface area (Å²) in [4.78, 5) is 11.8. The molecule has 0 saturated heterocycles. The molecule has 30 heavy (non-hydrogen) atoms. The average molecular weight is 399 g/mol. The van der Waals surface area contributed by atoms with Crippen molar-refractivity contribution in [3.63, 3.8) is 0 Å². The minimum Gasteiger partial charge on any atom is -0.494 e. The maximum Gasteiger partial charge on any atom is 0.198 e. The van der Waals surface area contributed by atoms with Gasteiger partial charge in [-0.15, -0.1) is 0 Å². The second kappa shape index (κ2) is 6.93. The van der Waals surface area contributed by atoms with Crippen molar-refractivity contribution in [1.29, 1.82) is 5.26 Å². The smallest absolute Gasteiger partial charge is 0.198 e. The van der Waals surface area contributed by atoms with Crippen molar-refractivity contribution < 1.29 is 10.2 Å². The van der Waals surface area contributed by atoms with E-state index in [1.165, 1.54) is 6.07 Å². The zero-order chi connectivity index (χ0) is 20.7. The van der Waals surface area contributed by atoms with Crippen LogP contribution < -0.4 is 16.0 Å². The van der Waals surface area contributed by atoms with Gasteiger partial charge in [0.15, 0.2) is 22.9 Å². The van der Waals surface area contributed by atoms with Gasteiger partial charge in [0.1, 0.15) is 11.9 Å². The minimum absolute atomic E-state index is 0.136. The van der Waals surface area contributed by atoms with Crippen molar-refractivity contribution in [3.8, 4) is 17.8 Å². The Morgan fingerprint density at radius 2 is 2.10 bits per heavy atom. The number of benzene rings is 1. The average Bonchev–Trinajstić information content (AvgIpc) is 3.37. The Balaban J connectivity index is 1.69. The first-order valence-electron chi connectivity index (χ1n) is 9.42. The quantitative estimate of drug-likeness (QED) is 0.413. The van der Waals surface area contributed by atoms with E-state index in [0.717, 1.165) is 12.8 Å². The third-order valence-corrected chi connectivity index (χ3v) is 4.78. The molecule has 3 aromatic heterocycles. The highest BCUT2D eigenvalue weighted by molar-refractivity contribution is 5.66. The number of H-pyrrole nitrogens is 1. The third kappa shape index (κ3) is 3.31. The lowest BCUT2D eigenvalue weighted by atomic mass is 10.2. The highest BCUT2D eigenvalue weighted by Crippen LogP contribution is 2.24. The Labute approximate surface area is 170 Å². The lowest BCUT2D eigenvalue weighted by Gasteiger charge is -2.08. The number of rotatable bonds is 4. The minimum atomic E-state index is -0.146. The second-order valence-corrected chi connectivity index (χ2v) is 7.08. The van der Waals surface area contributed by atoms with Crippen molar-refractivity contribution in [1.82, 2.24) is 19.6 Å². The summed E-state index contributed by atoms with van der Waals surface area (Å²) in [6.45, 7) is 0. The molecule has 0 aliphatic heterocycles. The Morgan fingerprint density at radius 3 is 2.83 bits per heavy atom. The number of hydrogen-bond acceptors (Lipinski definition) is 7. The molecule has 3 heterocycles. The number of para-hydroxylation sites is 1. The van der Waals surface area contributed by atoms with Crippen LogP contribution in [0.25, 0.3) is 11.7 Å². The van der Waals surface area contributed by atoms with E-state index in [2.05, 4.69) is 26.5 Å². The molecule has 9 heteroatoms. The zero-order valence-electron chi connectivity index (χ0n) is 15.7. The number of hydrogen-bond donors (Lipinski definition) is 4. The maximum absolute atomic E-state index is 9.94. The maximum atomic E-state index is 9.94. The van der Waals surface area contributed by atoms with E-state index < -0.39 is 0 Å². The van der Waals surface area contributed by atoms with E-state index in [0.29, 0.717) is 39.0 Å². The molecule has 1 fully saturated rings. The van der Waals surface area contributed by atoms with Gasteiger partial charge in [0.2, 0.25) is 0 Å². The first-order valence-corrected chi connectivity index (χ1v) is 9.42. The Bertz CT molecular complexity index is 1420. The molecule has 1 aliphatic carbocycles. The van der Waals surface area contributed by atoms with Gasteiger partial charge >= 0.3 is 0 Å². The summed E-state index contributed by atoms with van der Waals surface area (Å²) < 4.78 is 1.65. The van der Waals surface area contributed by atoms with E-state index in [1.807, 2.05) is 12.1 Å². The van der Waals surface area contributed by atoms with Crippen LogP contribution in [0.2, 0.25) is 0 Å². The number of nitrogens with one attached hydrogen (secondary N) is 2. The highest BCUT2D eigenvalue weighted by atomic mass is 16.3. The Morgan fingerprint density at radius 1 is 1.27 bits per heavy atom. The lowest BCUT2D eigenvalue weighted by Crippen LogP contribution is -2.19. The molecule has 0 spiro atoms. The molecule has 0 atom stereocenters. The molecule has 1 aliphatic rings. The van der Waals surface area contributed by atoms with Crippen LogP contribution in [-0.4, -0.2) is 35.8 Å². The lowest BCUT2D eigenvalue weighted by molar-refractivity contribution is 0.425. The van der Waals surface area contributed by atoms with Gasteiger partial charge in [-0.05, 0) is 31.1 Å². The van der Waals surface area contributed by atoms with Gasteiger partial charge < -0.3 is 15.5 Å². The molecule has 0 radical (unpaired) electrons. The highest BCUT2D eigenvalue weighted by Gasteiger charge is 2.20. The predicted octanol–water partition coefficient (Wildman–Crippen LogP) is 1.69. The fourth-order valence-corrected chi connectivity index (χ4v) is 3.16. The predicted molar refractivity (Wildman–Crippen MR) is 109 cm³/mol. The summed E-state index contributed by atoms with van der Waals surface area (Å²) in [5, 5.41) is 37.1. The van der Waals surface area contributed by atoms with Crippen LogP contribution in [0.15, 0.2) is 47.6 Å². The largest absolute Gasteiger partial charge is 0.494 e. The van der Waals surface area contributed by atoms with Crippen molar-refractivity contribution in [2.45, 2.75) is 18.9 Å². The molecule has 0 bridgehead atoms. The summed E-state index contributed by atoms with van der Waals surface area (Å²) in [5.41, 5.74) is 2.76.